The van der Waals surface area contributed by atoms with Crippen molar-refractivity contribution in [2.45, 2.75) is 19.6 Å². The SMILES string of the molecule is CC(=S)NCC1CN(c2ccc(-n3cnc(Cn4ccnc4)c3)c(F)c2)C(=O)O1. The zero-order chi connectivity index (χ0) is 20.4. The zero-order valence-electron chi connectivity index (χ0n) is 15.7. The summed E-state index contributed by atoms with van der Waals surface area (Å²) in [5.41, 5.74) is 1.57. The van der Waals surface area contributed by atoms with E-state index in [-0.39, 0.29) is 6.10 Å². The van der Waals surface area contributed by atoms with Gasteiger partial charge in [0.1, 0.15) is 11.9 Å². The number of thiocarbonyl (C=S) groups is 1. The van der Waals surface area contributed by atoms with Gasteiger partial charge >= 0.3 is 6.09 Å². The fourth-order valence-corrected chi connectivity index (χ4v) is 3.20. The van der Waals surface area contributed by atoms with E-state index in [0.29, 0.717) is 36.0 Å². The molecule has 0 bridgehead atoms. The highest BCUT2D eigenvalue weighted by molar-refractivity contribution is 7.80. The predicted molar refractivity (Wildman–Crippen MR) is 109 cm³/mol. The lowest BCUT2D eigenvalue weighted by atomic mass is 10.2. The average molecular weight is 414 g/mol. The van der Waals surface area contributed by atoms with Crippen molar-refractivity contribution >= 4 is 29.0 Å². The van der Waals surface area contributed by atoms with Crippen LogP contribution in [0.1, 0.15) is 12.6 Å². The molecule has 1 amide bonds. The molecule has 1 aromatic carbocycles. The summed E-state index contributed by atoms with van der Waals surface area (Å²) in [6, 6.07) is 4.63. The Labute approximate surface area is 171 Å². The monoisotopic (exact) mass is 414 g/mol. The number of hydrogen-bond acceptors (Lipinski definition) is 5. The second-order valence-electron chi connectivity index (χ2n) is 6.70. The smallest absolute Gasteiger partial charge is 0.414 e. The Morgan fingerprint density at radius 1 is 1.41 bits per heavy atom. The highest BCUT2D eigenvalue weighted by atomic mass is 32.1. The van der Waals surface area contributed by atoms with Gasteiger partial charge in [-0.25, -0.2) is 19.2 Å². The molecule has 150 valence electrons. The minimum absolute atomic E-state index is 0.327. The van der Waals surface area contributed by atoms with Gasteiger partial charge in [-0.1, -0.05) is 12.2 Å². The number of nitrogens with zero attached hydrogens (tertiary/aromatic N) is 5. The number of imidazole rings is 2. The fourth-order valence-electron chi connectivity index (χ4n) is 3.11. The maximum atomic E-state index is 14.8. The molecule has 0 radical (unpaired) electrons. The summed E-state index contributed by atoms with van der Waals surface area (Å²) in [4.78, 5) is 22.5. The van der Waals surface area contributed by atoms with Crippen molar-refractivity contribution in [3.63, 3.8) is 0 Å². The molecule has 29 heavy (non-hydrogen) atoms. The summed E-state index contributed by atoms with van der Waals surface area (Å²) in [6.07, 6.45) is 7.69. The summed E-state index contributed by atoms with van der Waals surface area (Å²) >= 11 is 4.97. The molecule has 8 nitrogen and oxygen atoms in total. The minimum Gasteiger partial charge on any atom is -0.442 e. The van der Waals surface area contributed by atoms with Gasteiger partial charge in [0.05, 0.1) is 54.3 Å². The van der Waals surface area contributed by atoms with Crippen LogP contribution in [0.2, 0.25) is 0 Å². The third-order valence-electron chi connectivity index (χ3n) is 4.51. The minimum atomic E-state index is -0.503. The molecule has 3 aromatic rings. The van der Waals surface area contributed by atoms with Crippen molar-refractivity contribution in [3.05, 3.63) is 61.0 Å². The highest BCUT2D eigenvalue weighted by Crippen LogP contribution is 2.25. The highest BCUT2D eigenvalue weighted by Gasteiger charge is 2.32. The average Bonchev–Trinajstić information content (AvgIpc) is 3.42. The van der Waals surface area contributed by atoms with E-state index in [0.717, 1.165) is 5.69 Å². The van der Waals surface area contributed by atoms with Crippen LogP contribution in [0, 0.1) is 5.82 Å². The lowest BCUT2D eigenvalue weighted by molar-refractivity contribution is 0.143. The lowest BCUT2D eigenvalue weighted by Crippen LogP contribution is -2.32. The Kier molecular flexibility index (Phi) is 5.26. The molecule has 2 aromatic heterocycles. The first-order chi connectivity index (χ1) is 14.0. The number of amides is 1. The van der Waals surface area contributed by atoms with Crippen molar-refractivity contribution in [1.82, 2.24) is 24.4 Å². The normalized spacial score (nSPS) is 16.1. The molecule has 4 rings (SSSR count). The third-order valence-corrected chi connectivity index (χ3v) is 4.66. The molecule has 1 aliphatic heterocycles. The van der Waals surface area contributed by atoms with Crippen molar-refractivity contribution in [2.24, 2.45) is 0 Å². The first-order valence-electron chi connectivity index (χ1n) is 9.00. The van der Waals surface area contributed by atoms with Crippen LogP contribution in [0.4, 0.5) is 14.9 Å². The van der Waals surface area contributed by atoms with Gasteiger partial charge in [0.25, 0.3) is 0 Å². The van der Waals surface area contributed by atoms with E-state index in [2.05, 4.69) is 15.3 Å². The van der Waals surface area contributed by atoms with Crippen LogP contribution in [0.5, 0.6) is 0 Å². The summed E-state index contributed by atoms with van der Waals surface area (Å²) in [5, 5.41) is 2.98. The van der Waals surface area contributed by atoms with Crippen LogP contribution in [0.3, 0.4) is 0 Å². The van der Waals surface area contributed by atoms with Crippen molar-refractivity contribution in [3.8, 4) is 5.69 Å². The van der Waals surface area contributed by atoms with Gasteiger partial charge in [0.2, 0.25) is 0 Å². The molecule has 1 N–H and O–H groups in total. The summed E-state index contributed by atoms with van der Waals surface area (Å²) < 4.78 is 23.6. The van der Waals surface area contributed by atoms with Gasteiger partial charge in [-0.2, -0.15) is 0 Å². The Balaban J connectivity index is 1.48. The van der Waals surface area contributed by atoms with Gasteiger partial charge in [-0.3, -0.25) is 4.90 Å². The molecule has 10 heteroatoms. The van der Waals surface area contributed by atoms with Crippen LogP contribution < -0.4 is 10.2 Å². The number of cyclic esters (lactones) is 1. The van der Waals surface area contributed by atoms with Crippen molar-refractivity contribution in [2.75, 3.05) is 18.0 Å². The third kappa shape index (κ3) is 4.27. The summed E-state index contributed by atoms with van der Waals surface area (Å²) in [7, 11) is 0. The first kappa shape index (κ1) is 19.1. The van der Waals surface area contributed by atoms with E-state index in [1.807, 2.05) is 10.8 Å². The van der Waals surface area contributed by atoms with E-state index < -0.39 is 11.9 Å². The number of hydrogen-bond donors (Lipinski definition) is 1. The molecule has 3 heterocycles. The van der Waals surface area contributed by atoms with Gasteiger partial charge in [-0.05, 0) is 25.1 Å². The summed E-state index contributed by atoms with van der Waals surface area (Å²) in [6.45, 7) is 3.05. The van der Waals surface area contributed by atoms with Crippen molar-refractivity contribution in [1.29, 1.82) is 0 Å². The molecule has 1 saturated heterocycles. The van der Waals surface area contributed by atoms with Gasteiger partial charge < -0.3 is 19.2 Å². The Morgan fingerprint density at radius 3 is 3.00 bits per heavy atom. The lowest BCUT2D eigenvalue weighted by Gasteiger charge is -2.14. The molecule has 0 aliphatic carbocycles. The van der Waals surface area contributed by atoms with Crippen LogP contribution in [0.15, 0.2) is 49.4 Å². The topological polar surface area (TPSA) is 77.2 Å². The van der Waals surface area contributed by atoms with Gasteiger partial charge in [0.15, 0.2) is 0 Å². The number of nitrogens with one attached hydrogen (secondary N) is 1. The van der Waals surface area contributed by atoms with Gasteiger partial charge in [0, 0.05) is 18.6 Å². The number of carbonyl (C=O) groups is 1. The number of anilines is 1. The molecular formula is C19H19FN6O2S. The quantitative estimate of drug-likeness (QED) is 0.625. The van der Waals surface area contributed by atoms with Crippen LogP contribution in [0.25, 0.3) is 5.69 Å². The largest absolute Gasteiger partial charge is 0.442 e. The number of halogens is 1. The number of aromatic nitrogens is 4. The first-order valence-corrected chi connectivity index (χ1v) is 9.41. The van der Waals surface area contributed by atoms with Crippen LogP contribution in [-0.4, -0.2) is 49.4 Å². The van der Waals surface area contributed by atoms with E-state index in [1.54, 1.807) is 48.7 Å². The van der Waals surface area contributed by atoms with E-state index in [1.165, 1.54) is 11.0 Å². The van der Waals surface area contributed by atoms with E-state index in [4.69, 9.17) is 17.0 Å². The Hall–Kier alpha value is -3.27. The van der Waals surface area contributed by atoms with E-state index >= 15 is 0 Å². The van der Waals surface area contributed by atoms with Crippen molar-refractivity contribution < 1.29 is 13.9 Å². The number of benzene rings is 1. The maximum Gasteiger partial charge on any atom is 0.414 e. The molecule has 1 fully saturated rings. The second-order valence-corrected chi connectivity index (χ2v) is 7.31. The predicted octanol–water partition coefficient (Wildman–Crippen LogP) is 2.52. The number of ether oxygens (including phenoxy) is 1. The van der Waals surface area contributed by atoms with Crippen LogP contribution >= 0.6 is 12.2 Å². The molecule has 0 spiro atoms. The molecular weight excluding hydrogens is 395 g/mol. The molecule has 0 saturated carbocycles. The second kappa shape index (κ2) is 8.00. The Morgan fingerprint density at radius 2 is 2.28 bits per heavy atom. The zero-order valence-corrected chi connectivity index (χ0v) is 16.5. The number of rotatable bonds is 6. The maximum absolute atomic E-state index is 14.8. The molecule has 1 atom stereocenters. The van der Waals surface area contributed by atoms with E-state index in [9.17, 15) is 9.18 Å². The molecule has 1 aliphatic rings. The number of carbonyl (C=O) groups excluding carboxylic acids is 1. The van der Waals surface area contributed by atoms with Gasteiger partial charge in [-0.15, -0.1) is 0 Å². The summed E-state index contributed by atoms with van der Waals surface area (Å²) in [5.74, 6) is -0.460. The molecule has 1 unspecified atom stereocenters. The standard InChI is InChI=1S/C19H19FN6O2S/c1-13(29)22-7-16-10-26(19(27)28-16)15-2-3-18(17(20)6-15)25-9-14(23-12-25)8-24-5-4-21-11-24/h2-6,9,11-12,16H,7-8,10H2,1H3,(H,22,29). The van der Waals surface area contributed by atoms with Crippen LogP contribution in [-0.2, 0) is 11.3 Å². The fraction of sp³-hybridized carbons (Fsp3) is 0.263. The Bertz CT molecular complexity index is 1040.